The number of hydrogen-bond donors (Lipinski definition) is 1. The Morgan fingerprint density at radius 1 is 1.36 bits per heavy atom. The van der Waals surface area contributed by atoms with E-state index in [1.54, 1.807) is 0 Å². The Bertz CT molecular complexity index is 414. The van der Waals surface area contributed by atoms with Gasteiger partial charge in [-0.2, -0.15) is 0 Å². The molecule has 2 atom stereocenters. The Hall–Kier alpha value is -1.51. The average Bonchev–Trinajstić information content (AvgIpc) is 2.62. The number of anilines is 1. The molecular weight excluding hydrogens is 178 g/mol. The number of carbonyl (C=O) groups excluding carboxylic acids is 1. The van der Waals surface area contributed by atoms with Crippen LogP contribution in [-0.2, 0) is 16.0 Å². The van der Waals surface area contributed by atoms with Crippen LogP contribution in [0.2, 0.25) is 0 Å². The molecule has 3 heteroatoms. The molecule has 3 nitrogen and oxygen atoms in total. The minimum atomic E-state index is -0.0759. The van der Waals surface area contributed by atoms with Crippen molar-refractivity contribution >= 4 is 11.7 Å². The molecule has 3 rings (SSSR count). The second kappa shape index (κ2) is 2.50. The first-order valence-electron chi connectivity index (χ1n) is 4.82. The van der Waals surface area contributed by atoms with E-state index < -0.39 is 0 Å². The highest BCUT2D eigenvalue weighted by atomic mass is 16.6. The molecular formula is C11H11NO2. The molecule has 1 aromatic rings. The molecule has 2 N–H and O–H groups in total. The van der Waals surface area contributed by atoms with E-state index in [1.807, 2.05) is 18.2 Å². The predicted octanol–water partition coefficient (Wildman–Crippen LogP) is 1.43. The molecule has 1 aliphatic carbocycles. The van der Waals surface area contributed by atoms with E-state index in [0.29, 0.717) is 12.3 Å². The number of hydrogen-bond acceptors (Lipinski definition) is 3. The van der Waals surface area contributed by atoms with Gasteiger partial charge in [0.2, 0.25) is 0 Å². The molecule has 0 radical (unpaired) electrons. The van der Waals surface area contributed by atoms with Gasteiger partial charge in [-0.3, -0.25) is 4.79 Å². The fraction of sp³-hybridized carbons (Fsp3) is 0.364. The lowest BCUT2D eigenvalue weighted by Crippen LogP contribution is -2.00. The maximum atomic E-state index is 11.1. The van der Waals surface area contributed by atoms with Gasteiger partial charge in [0.25, 0.3) is 0 Å². The predicted molar refractivity (Wildman–Crippen MR) is 51.5 cm³/mol. The zero-order chi connectivity index (χ0) is 9.71. The zero-order valence-electron chi connectivity index (χ0n) is 7.69. The summed E-state index contributed by atoms with van der Waals surface area (Å²) in [5, 5.41) is 0. The van der Waals surface area contributed by atoms with Crippen molar-refractivity contribution in [2.24, 2.45) is 5.92 Å². The van der Waals surface area contributed by atoms with Crippen LogP contribution in [0.1, 0.15) is 23.7 Å². The van der Waals surface area contributed by atoms with Gasteiger partial charge in [-0.15, -0.1) is 0 Å². The van der Waals surface area contributed by atoms with Crippen LogP contribution in [0.4, 0.5) is 5.69 Å². The van der Waals surface area contributed by atoms with Crippen LogP contribution in [-0.4, -0.2) is 5.97 Å². The third-order valence-electron chi connectivity index (χ3n) is 3.07. The van der Waals surface area contributed by atoms with Crippen LogP contribution in [0.25, 0.3) is 0 Å². The van der Waals surface area contributed by atoms with Gasteiger partial charge in [0.15, 0.2) is 0 Å². The lowest BCUT2D eigenvalue weighted by Gasteiger charge is -2.08. The van der Waals surface area contributed by atoms with Crippen molar-refractivity contribution < 1.29 is 9.53 Å². The normalized spacial score (nSPS) is 28.4. The van der Waals surface area contributed by atoms with Crippen molar-refractivity contribution in [2.75, 3.05) is 5.73 Å². The van der Waals surface area contributed by atoms with E-state index in [2.05, 4.69) is 0 Å². The van der Waals surface area contributed by atoms with Crippen molar-refractivity contribution in [1.29, 1.82) is 0 Å². The van der Waals surface area contributed by atoms with Gasteiger partial charge in [0.1, 0.15) is 6.10 Å². The first-order valence-corrected chi connectivity index (χ1v) is 4.82. The molecule has 0 unspecified atom stereocenters. The van der Waals surface area contributed by atoms with Gasteiger partial charge in [0, 0.05) is 11.6 Å². The minimum Gasteiger partial charge on any atom is -0.457 e. The van der Waals surface area contributed by atoms with Crippen LogP contribution in [0.3, 0.4) is 0 Å². The molecule has 0 aromatic heterocycles. The first-order chi connectivity index (χ1) is 6.74. The lowest BCUT2D eigenvalue weighted by atomic mass is 10.0. The highest BCUT2D eigenvalue weighted by molar-refractivity contribution is 5.73. The van der Waals surface area contributed by atoms with E-state index in [-0.39, 0.29) is 12.1 Å². The van der Waals surface area contributed by atoms with Crippen molar-refractivity contribution in [3.63, 3.8) is 0 Å². The summed E-state index contributed by atoms with van der Waals surface area (Å²) in [6.45, 7) is 0. The van der Waals surface area contributed by atoms with Crippen LogP contribution in [0, 0.1) is 5.92 Å². The highest BCUT2D eigenvalue weighted by Crippen LogP contribution is 2.45. The van der Waals surface area contributed by atoms with Gasteiger partial charge in [-0.25, -0.2) is 0 Å². The topological polar surface area (TPSA) is 52.3 Å². The van der Waals surface area contributed by atoms with Gasteiger partial charge in [-0.1, -0.05) is 6.07 Å². The number of rotatable bonds is 0. The maximum Gasteiger partial charge on any atom is 0.306 e. The van der Waals surface area contributed by atoms with E-state index in [0.717, 1.165) is 17.7 Å². The monoisotopic (exact) mass is 189 g/mol. The van der Waals surface area contributed by atoms with E-state index >= 15 is 0 Å². The maximum absolute atomic E-state index is 11.1. The smallest absolute Gasteiger partial charge is 0.306 e. The van der Waals surface area contributed by atoms with Crippen LogP contribution in [0.15, 0.2) is 18.2 Å². The fourth-order valence-electron chi connectivity index (χ4n) is 2.45. The highest BCUT2D eigenvalue weighted by Gasteiger charge is 2.41. The second-order valence-electron chi connectivity index (χ2n) is 4.04. The summed E-state index contributed by atoms with van der Waals surface area (Å²) >= 11 is 0. The molecule has 72 valence electrons. The number of esters is 1. The molecule has 14 heavy (non-hydrogen) atoms. The first kappa shape index (κ1) is 7.85. The molecule has 0 amide bonds. The van der Waals surface area contributed by atoms with E-state index in [9.17, 15) is 4.79 Å². The zero-order valence-corrected chi connectivity index (χ0v) is 7.69. The van der Waals surface area contributed by atoms with Crippen LogP contribution in [0.5, 0.6) is 0 Å². The third-order valence-corrected chi connectivity index (χ3v) is 3.07. The minimum absolute atomic E-state index is 0.0269. The largest absolute Gasteiger partial charge is 0.457 e. The molecule has 1 aliphatic heterocycles. The van der Waals surface area contributed by atoms with Crippen LogP contribution < -0.4 is 5.73 Å². The molecule has 0 spiro atoms. The number of ether oxygens (including phenoxy) is 1. The third kappa shape index (κ3) is 0.953. The van der Waals surface area contributed by atoms with Gasteiger partial charge in [0.05, 0.1) is 6.42 Å². The van der Waals surface area contributed by atoms with E-state index in [4.69, 9.17) is 10.5 Å². The van der Waals surface area contributed by atoms with Crippen molar-refractivity contribution in [2.45, 2.75) is 18.9 Å². The lowest BCUT2D eigenvalue weighted by molar-refractivity contribution is -0.141. The summed E-state index contributed by atoms with van der Waals surface area (Å²) in [5.41, 5.74) is 8.84. The average molecular weight is 189 g/mol. The quantitative estimate of drug-likeness (QED) is 0.496. The van der Waals surface area contributed by atoms with Gasteiger partial charge >= 0.3 is 5.97 Å². The Kier molecular flexibility index (Phi) is 1.40. The summed E-state index contributed by atoms with van der Waals surface area (Å²) in [5.74, 6) is 0.271. The summed E-state index contributed by atoms with van der Waals surface area (Å²) in [7, 11) is 0. The molecule has 0 bridgehead atoms. The van der Waals surface area contributed by atoms with Crippen molar-refractivity contribution in [1.82, 2.24) is 0 Å². The number of carbonyl (C=O) groups is 1. The van der Waals surface area contributed by atoms with E-state index in [1.165, 1.54) is 5.56 Å². The molecule has 1 fully saturated rings. The molecule has 1 heterocycles. The molecule has 1 saturated heterocycles. The molecule has 2 aliphatic rings. The summed E-state index contributed by atoms with van der Waals surface area (Å²) in [6, 6.07) is 5.87. The SMILES string of the molecule is Nc1ccc2c(c1)[C@H]1OC(=O)C[C@H]1C2. The molecule has 1 aromatic carbocycles. The standard InChI is InChI=1S/C11H11NO2/c12-8-2-1-6-3-7-4-10(13)14-11(7)9(6)5-8/h1-2,5,7,11H,3-4,12H2/t7-,11+/m1/s1. The van der Waals surface area contributed by atoms with Gasteiger partial charge < -0.3 is 10.5 Å². The Morgan fingerprint density at radius 3 is 3.07 bits per heavy atom. The summed E-state index contributed by atoms with van der Waals surface area (Å²) < 4.78 is 5.27. The summed E-state index contributed by atoms with van der Waals surface area (Å²) in [4.78, 5) is 11.1. The number of nitrogens with two attached hydrogens (primary N) is 1. The fourth-order valence-corrected chi connectivity index (χ4v) is 2.45. The number of nitrogen functional groups attached to an aromatic ring is 1. The van der Waals surface area contributed by atoms with Crippen molar-refractivity contribution in [3.8, 4) is 0 Å². The summed E-state index contributed by atoms with van der Waals surface area (Å²) in [6.07, 6.45) is 1.48. The number of fused-ring (bicyclic) bond motifs is 3. The Morgan fingerprint density at radius 2 is 2.21 bits per heavy atom. The Labute approximate surface area is 81.9 Å². The molecule has 0 saturated carbocycles. The van der Waals surface area contributed by atoms with Gasteiger partial charge in [-0.05, 0) is 29.7 Å². The van der Waals surface area contributed by atoms with Crippen LogP contribution >= 0.6 is 0 Å². The number of benzene rings is 1. The van der Waals surface area contributed by atoms with Crippen molar-refractivity contribution in [3.05, 3.63) is 29.3 Å². The Balaban J connectivity index is 2.07. The second-order valence-corrected chi connectivity index (χ2v) is 4.04.